The Labute approximate surface area is 142 Å². The number of hydrogen-bond acceptors (Lipinski definition) is 2. The Bertz CT molecular complexity index is 848. The van der Waals surface area contributed by atoms with Gasteiger partial charge >= 0.3 is 0 Å². The zero-order valence-electron chi connectivity index (χ0n) is 13.7. The Kier molecular flexibility index (Phi) is 4.04. The molecule has 1 heterocycles. The van der Waals surface area contributed by atoms with Gasteiger partial charge in [0.1, 0.15) is 0 Å². The molecule has 0 unspecified atom stereocenters. The number of carbonyl (C=O) groups excluding carboxylic acids is 1. The highest BCUT2D eigenvalue weighted by Crippen LogP contribution is 2.26. The molecule has 0 radical (unpaired) electrons. The van der Waals surface area contributed by atoms with Crippen LogP contribution in [0.1, 0.15) is 23.2 Å². The number of rotatable bonds is 3. The van der Waals surface area contributed by atoms with E-state index in [2.05, 4.69) is 47.4 Å². The molecule has 0 N–H and O–H groups in total. The molecule has 24 heavy (non-hydrogen) atoms. The highest BCUT2D eigenvalue weighted by Gasteiger charge is 2.25. The number of ketones is 1. The lowest BCUT2D eigenvalue weighted by molar-refractivity contribution is 0.0900. The van der Waals surface area contributed by atoms with Crippen molar-refractivity contribution in [2.45, 2.75) is 12.8 Å². The van der Waals surface area contributed by atoms with Crippen LogP contribution in [0, 0.1) is 5.92 Å². The summed E-state index contributed by atoms with van der Waals surface area (Å²) in [4.78, 5) is 15.2. The molecular formula is C22H21NO. The van der Waals surface area contributed by atoms with Gasteiger partial charge in [-0.1, -0.05) is 54.6 Å². The lowest BCUT2D eigenvalue weighted by Crippen LogP contribution is -2.36. The fraction of sp³-hybridized carbons (Fsp3) is 0.227. The van der Waals surface area contributed by atoms with E-state index in [9.17, 15) is 4.79 Å². The van der Waals surface area contributed by atoms with Gasteiger partial charge in [0.2, 0.25) is 0 Å². The van der Waals surface area contributed by atoms with Crippen molar-refractivity contribution in [2.75, 3.05) is 18.0 Å². The van der Waals surface area contributed by atoms with Crippen LogP contribution in [0.5, 0.6) is 0 Å². The fourth-order valence-corrected chi connectivity index (χ4v) is 3.62. The lowest BCUT2D eigenvalue weighted by Gasteiger charge is -2.33. The SMILES string of the molecule is O=C(c1ccc2ccccc2c1)C1CCN(c2ccccc2)CC1. The molecule has 0 bridgehead atoms. The number of Topliss-reactive ketones (excluding diaryl/α,β-unsaturated/α-hetero) is 1. The van der Waals surface area contributed by atoms with Crippen molar-refractivity contribution in [1.29, 1.82) is 0 Å². The van der Waals surface area contributed by atoms with Crippen molar-refractivity contribution in [3.8, 4) is 0 Å². The second-order valence-corrected chi connectivity index (χ2v) is 6.52. The molecule has 1 aliphatic rings. The molecule has 0 aromatic heterocycles. The Balaban J connectivity index is 1.47. The van der Waals surface area contributed by atoms with Gasteiger partial charge in [0, 0.05) is 30.3 Å². The van der Waals surface area contributed by atoms with E-state index in [0.29, 0.717) is 5.78 Å². The molecule has 1 aliphatic heterocycles. The summed E-state index contributed by atoms with van der Waals surface area (Å²) >= 11 is 0. The fourth-order valence-electron chi connectivity index (χ4n) is 3.62. The lowest BCUT2D eigenvalue weighted by atomic mass is 9.88. The summed E-state index contributed by atoms with van der Waals surface area (Å²) in [7, 11) is 0. The minimum Gasteiger partial charge on any atom is -0.371 e. The van der Waals surface area contributed by atoms with Gasteiger partial charge in [-0.25, -0.2) is 0 Å². The summed E-state index contributed by atoms with van der Waals surface area (Å²) in [6.07, 6.45) is 1.86. The zero-order chi connectivity index (χ0) is 16.4. The summed E-state index contributed by atoms with van der Waals surface area (Å²) in [6.45, 7) is 1.90. The molecule has 0 amide bonds. The summed E-state index contributed by atoms with van der Waals surface area (Å²) in [6, 6.07) is 24.8. The molecule has 0 atom stereocenters. The number of piperidine rings is 1. The molecule has 0 saturated carbocycles. The van der Waals surface area contributed by atoms with Crippen LogP contribution in [-0.2, 0) is 0 Å². The first-order valence-electron chi connectivity index (χ1n) is 8.64. The summed E-state index contributed by atoms with van der Waals surface area (Å²) < 4.78 is 0. The van der Waals surface area contributed by atoms with Crippen LogP contribution in [0.25, 0.3) is 10.8 Å². The quantitative estimate of drug-likeness (QED) is 0.638. The van der Waals surface area contributed by atoms with Crippen LogP contribution in [0.3, 0.4) is 0 Å². The molecule has 3 aromatic carbocycles. The van der Waals surface area contributed by atoms with Crippen LogP contribution >= 0.6 is 0 Å². The first-order chi connectivity index (χ1) is 11.8. The largest absolute Gasteiger partial charge is 0.371 e. The first-order valence-corrected chi connectivity index (χ1v) is 8.64. The number of fused-ring (bicyclic) bond motifs is 1. The predicted molar refractivity (Wildman–Crippen MR) is 99.7 cm³/mol. The third-order valence-corrected chi connectivity index (χ3v) is 5.02. The molecule has 120 valence electrons. The van der Waals surface area contributed by atoms with Gasteiger partial charge in [-0.15, -0.1) is 0 Å². The predicted octanol–water partition coefficient (Wildman–Crippen LogP) is 4.94. The zero-order valence-corrected chi connectivity index (χ0v) is 13.7. The van der Waals surface area contributed by atoms with E-state index in [1.54, 1.807) is 0 Å². The van der Waals surface area contributed by atoms with Crippen LogP contribution in [0.4, 0.5) is 5.69 Å². The van der Waals surface area contributed by atoms with Gasteiger partial charge < -0.3 is 4.90 Å². The van der Waals surface area contributed by atoms with E-state index in [0.717, 1.165) is 36.9 Å². The van der Waals surface area contributed by atoms with Gasteiger partial charge in [0.25, 0.3) is 0 Å². The van der Waals surface area contributed by atoms with Crippen molar-refractivity contribution in [2.24, 2.45) is 5.92 Å². The Morgan fingerprint density at radius 1 is 0.792 bits per heavy atom. The van der Waals surface area contributed by atoms with E-state index < -0.39 is 0 Å². The molecular weight excluding hydrogens is 294 g/mol. The molecule has 0 aliphatic carbocycles. The van der Waals surface area contributed by atoms with Crippen molar-refractivity contribution in [3.05, 3.63) is 78.4 Å². The monoisotopic (exact) mass is 315 g/mol. The average molecular weight is 315 g/mol. The standard InChI is InChI=1S/C22H21NO/c24-22(20-11-10-17-6-4-5-7-19(17)16-20)18-12-14-23(15-13-18)21-8-2-1-3-9-21/h1-11,16,18H,12-15H2. The smallest absolute Gasteiger partial charge is 0.166 e. The van der Waals surface area contributed by atoms with Crippen LogP contribution < -0.4 is 4.90 Å². The van der Waals surface area contributed by atoms with Crippen LogP contribution in [0.15, 0.2) is 72.8 Å². The minimum absolute atomic E-state index is 0.145. The van der Waals surface area contributed by atoms with Crippen LogP contribution in [-0.4, -0.2) is 18.9 Å². The van der Waals surface area contributed by atoms with Gasteiger partial charge in [-0.3, -0.25) is 4.79 Å². The first kappa shape index (κ1) is 14.9. The maximum atomic E-state index is 12.9. The molecule has 0 spiro atoms. The normalized spacial score (nSPS) is 15.6. The number of carbonyl (C=O) groups is 1. The van der Waals surface area contributed by atoms with Gasteiger partial charge in [-0.2, -0.15) is 0 Å². The van der Waals surface area contributed by atoms with Gasteiger partial charge in [0.15, 0.2) is 5.78 Å². The minimum atomic E-state index is 0.145. The number of hydrogen-bond donors (Lipinski definition) is 0. The molecule has 3 aromatic rings. The number of anilines is 1. The maximum absolute atomic E-state index is 12.9. The summed E-state index contributed by atoms with van der Waals surface area (Å²) in [5.74, 6) is 0.444. The van der Waals surface area contributed by atoms with E-state index in [1.807, 2.05) is 30.3 Å². The molecule has 2 heteroatoms. The molecule has 1 saturated heterocycles. The van der Waals surface area contributed by atoms with Crippen molar-refractivity contribution < 1.29 is 4.79 Å². The summed E-state index contributed by atoms with van der Waals surface area (Å²) in [5.41, 5.74) is 2.11. The highest BCUT2D eigenvalue weighted by atomic mass is 16.1. The van der Waals surface area contributed by atoms with Gasteiger partial charge in [0.05, 0.1) is 0 Å². The van der Waals surface area contributed by atoms with E-state index in [-0.39, 0.29) is 5.92 Å². The second kappa shape index (κ2) is 6.48. The van der Waals surface area contributed by atoms with E-state index in [4.69, 9.17) is 0 Å². The topological polar surface area (TPSA) is 20.3 Å². The number of benzene rings is 3. The van der Waals surface area contributed by atoms with Crippen molar-refractivity contribution in [1.82, 2.24) is 0 Å². The highest BCUT2D eigenvalue weighted by molar-refractivity contribution is 6.01. The molecule has 1 fully saturated rings. The second-order valence-electron chi connectivity index (χ2n) is 6.52. The Hall–Kier alpha value is -2.61. The Morgan fingerprint density at radius 2 is 1.46 bits per heavy atom. The van der Waals surface area contributed by atoms with Crippen LogP contribution in [0.2, 0.25) is 0 Å². The van der Waals surface area contributed by atoms with Gasteiger partial charge in [-0.05, 0) is 41.8 Å². The van der Waals surface area contributed by atoms with E-state index in [1.165, 1.54) is 11.1 Å². The average Bonchev–Trinajstić information content (AvgIpc) is 2.68. The van der Waals surface area contributed by atoms with E-state index >= 15 is 0 Å². The van der Waals surface area contributed by atoms with Crippen molar-refractivity contribution in [3.63, 3.8) is 0 Å². The third-order valence-electron chi connectivity index (χ3n) is 5.02. The van der Waals surface area contributed by atoms with Crippen molar-refractivity contribution >= 4 is 22.2 Å². The molecule has 2 nitrogen and oxygen atoms in total. The number of para-hydroxylation sites is 1. The third kappa shape index (κ3) is 2.92. The molecule has 4 rings (SSSR count). The maximum Gasteiger partial charge on any atom is 0.166 e. The number of nitrogens with zero attached hydrogens (tertiary/aromatic N) is 1. The summed E-state index contributed by atoms with van der Waals surface area (Å²) in [5, 5.41) is 2.33. The Morgan fingerprint density at radius 3 is 2.21 bits per heavy atom.